The molecule has 1 atom stereocenters. The highest BCUT2D eigenvalue weighted by Gasteiger charge is 2.08. The van der Waals surface area contributed by atoms with Crippen LogP contribution in [0.2, 0.25) is 0 Å². The van der Waals surface area contributed by atoms with Crippen LogP contribution in [0.3, 0.4) is 0 Å². The predicted molar refractivity (Wildman–Crippen MR) is 88.6 cm³/mol. The summed E-state index contributed by atoms with van der Waals surface area (Å²) in [6, 6.07) is 8.92. The molecule has 0 aliphatic heterocycles. The zero-order chi connectivity index (χ0) is 15.1. The van der Waals surface area contributed by atoms with Crippen molar-refractivity contribution in [3.8, 4) is 17.1 Å². The van der Waals surface area contributed by atoms with E-state index in [-0.39, 0.29) is 11.8 Å². The van der Waals surface area contributed by atoms with Crippen LogP contribution in [0, 0.1) is 0 Å². The first-order valence-electron chi connectivity index (χ1n) is 6.80. The molecule has 21 heavy (non-hydrogen) atoms. The Hall–Kier alpha value is -1.79. The van der Waals surface area contributed by atoms with Gasteiger partial charge in [0.2, 0.25) is 0 Å². The van der Waals surface area contributed by atoms with Crippen LogP contribution in [0.25, 0.3) is 11.4 Å². The fraction of sp³-hybridized carbons (Fsp3) is 0.333. The van der Waals surface area contributed by atoms with E-state index in [4.69, 9.17) is 5.73 Å². The van der Waals surface area contributed by atoms with Gasteiger partial charge < -0.3 is 16.2 Å². The quantitative estimate of drug-likeness (QED) is 0.728. The minimum Gasteiger partial charge on any atom is -0.507 e. The van der Waals surface area contributed by atoms with Gasteiger partial charge in [0.15, 0.2) is 5.82 Å². The average Bonchev–Trinajstić information content (AvgIpc) is 2.51. The maximum atomic E-state index is 9.85. The van der Waals surface area contributed by atoms with Gasteiger partial charge in [-0.3, -0.25) is 0 Å². The first-order chi connectivity index (χ1) is 10.2. The Balaban J connectivity index is 2.03. The number of benzene rings is 1. The third-order valence-electron chi connectivity index (χ3n) is 3.04. The Morgan fingerprint density at radius 3 is 2.90 bits per heavy atom. The van der Waals surface area contributed by atoms with E-state index in [0.29, 0.717) is 23.8 Å². The molecule has 0 aliphatic rings. The monoisotopic (exact) mass is 304 g/mol. The van der Waals surface area contributed by atoms with Crippen molar-refractivity contribution in [2.75, 3.05) is 23.9 Å². The number of aromatic hydroxyl groups is 1. The summed E-state index contributed by atoms with van der Waals surface area (Å²) in [5, 5.41) is 13.1. The largest absolute Gasteiger partial charge is 0.507 e. The number of anilines is 1. The molecule has 0 aliphatic carbocycles. The van der Waals surface area contributed by atoms with Crippen molar-refractivity contribution >= 4 is 17.6 Å². The molecule has 0 fully saturated rings. The number of hydrogen-bond acceptors (Lipinski definition) is 6. The van der Waals surface area contributed by atoms with Crippen molar-refractivity contribution in [3.63, 3.8) is 0 Å². The van der Waals surface area contributed by atoms with Crippen LogP contribution in [-0.4, -0.2) is 39.7 Å². The molecule has 6 heteroatoms. The second-order valence-corrected chi connectivity index (χ2v) is 5.69. The predicted octanol–water partition coefficient (Wildman–Crippen LogP) is 2.34. The van der Waals surface area contributed by atoms with Crippen molar-refractivity contribution in [3.05, 3.63) is 36.5 Å². The number of nitrogens with two attached hydrogens (primary N) is 1. The number of phenolic OH excluding ortho intramolecular Hbond substituents is 1. The molecule has 0 saturated heterocycles. The molecule has 0 spiro atoms. The number of hydrogen-bond donors (Lipinski definition) is 3. The summed E-state index contributed by atoms with van der Waals surface area (Å²) in [6.45, 7) is 0.664. The zero-order valence-electron chi connectivity index (χ0n) is 12.0. The molecule has 112 valence electrons. The lowest BCUT2D eigenvalue weighted by Crippen LogP contribution is -2.29. The molecule has 1 heterocycles. The first-order valence-corrected chi connectivity index (χ1v) is 8.20. The fourth-order valence-electron chi connectivity index (χ4n) is 1.86. The van der Waals surface area contributed by atoms with E-state index in [0.717, 1.165) is 12.2 Å². The Morgan fingerprint density at radius 1 is 1.33 bits per heavy atom. The van der Waals surface area contributed by atoms with E-state index in [2.05, 4.69) is 21.5 Å². The van der Waals surface area contributed by atoms with Crippen molar-refractivity contribution in [2.45, 2.75) is 12.5 Å². The van der Waals surface area contributed by atoms with Gasteiger partial charge in [0, 0.05) is 18.8 Å². The molecule has 0 unspecified atom stereocenters. The van der Waals surface area contributed by atoms with Crippen LogP contribution in [0.15, 0.2) is 36.5 Å². The van der Waals surface area contributed by atoms with Gasteiger partial charge in [0.1, 0.15) is 11.6 Å². The van der Waals surface area contributed by atoms with Crippen LogP contribution in [0.5, 0.6) is 5.75 Å². The van der Waals surface area contributed by atoms with E-state index in [1.165, 1.54) is 0 Å². The average molecular weight is 304 g/mol. The smallest absolute Gasteiger partial charge is 0.165 e. The first kappa shape index (κ1) is 15.6. The molecular formula is C15H20N4OS. The third-order valence-corrected chi connectivity index (χ3v) is 3.68. The summed E-state index contributed by atoms with van der Waals surface area (Å²) in [4.78, 5) is 8.61. The number of nitrogens with zero attached hydrogens (tertiary/aromatic N) is 2. The van der Waals surface area contributed by atoms with E-state index in [9.17, 15) is 5.11 Å². The number of thioether (sulfide) groups is 1. The molecule has 0 amide bonds. The lowest BCUT2D eigenvalue weighted by molar-refractivity contribution is 0.477. The number of phenols is 1. The maximum Gasteiger partial charge on any atom is 0.165 e. The SMILES string of the molecule is CSCC[C@H](N)CNc1ccnc(-c2ccccc2O)n1. The number of para-hydroxylation sites is 1. The van der Waals surface area contributed by atoms with E-state index in [1.807, 2.05) is 6.07 Å². The summed E-state index contributed by atoms with van der Waals surface area (Å²) < 4.78 is 0. The van der Waals surface area contributed by atoms with Gasteiger partial charge >= 0.3 is 0 Å². The summed E-state index contributed by atoms with van der Waals surface area (Å²) in [5.74, 6) is 2.43. The Kier molecular flexibility index (Phi) is 5.83. The normalized spacial score (nSPS) is 12.1. The summed E-state index contributed by atoms with van der Waals surface area (Å²) >= 11 is 1.79. The van der Waals surface area contributed by atoms with Crippen LogP contribution in [-0.2, 0) is 0 Å². The Bertz CT molecular complexity index is 579. The maximum absolute atomic E-state index is 9.85. The van der Waals surface area contributed by atoms with Gasteiger partial charge in [-0.25, -0.2) is 9.97 Å². The standard InChI is InChI=1S/C15H20N4OS/c1-21-9-7-11(16)10-18-14-6-8-17-15(19-14)12-4-2-3-5-13(12)20/h2-6,8,11,20H,7,9-10,16H2,1H3,(H,17,18,19)/t11-/m0/s1. The number of rotatable bonds is 7. The summed E-state index contributed by atoms with van der Waals surface area (Å²) in [6.07, 6.45) is 4.71. The van der Waals surface area contributed by atoms with Gasteiger partial charge in [-0.15, -0.1) is 0 Å². The number of aromatic nitrogens is 2. The van der Waals surface area contributed by atoms with Crippen molar-refractivity contribution in [2.24, 2.45) is 5.73 Å². The highest BCUT2D eigenvalue weighted by Crippen LogP contribution is 2.25. The van der Waals surface area contributed by atoms with E-state index >= 15 is 0 Å². The van der Waals surface area contributed by atoms with Crippen LogP contribution in [0.4, 0.5) is 5.82 Å². The topological polar surface area (TPSA) is 84.1 Å². The molecule has 2 rings (SSSR count). The second-order valence-electron chi connectivity index (χ2n) is 4.71. The van der Waals surface area contributed by atoms with Crippen LogP contribution < -0.4 is 11.1 Å². The molecule has 1 aromatic carbocycles. The third kappa shape index (κ3) is 4.61. The molecule has 0 bridgehead atoms. The van der Waals surface area contributed by atoms with Crippen molar-refractivity contribution in [1.29, 1.82) is 0 Å². The molecule has 4 N–H and O–H groups in total. The lowest BCUT2D eigenvalue weighted by atomic mass is 10.2. The molecular weight excluding hydrogens is 284 g/mol. The van der Waals surface area contributed by atoms with Crippen LogP contribution in [0.1, 0.15) is 6.42 Å². The number of nitrogens with one attached hydrogen (secondary N) is 1. The Morgan fingerprint density at radius 2 is 2.14 bits per heavy atom. The van der Waals surface area contributed by atoms with E-state index < -0.39 is 0 Å². The second kappa shape index (κ2) is 7.85. The van der Waals surface area contributed by atoms with Crippen molar-refractivity contribution in [1.82, 2.24) is 9.97 Å². The summed E-state index contributed by atoms with van der Waals surface area (Å²) in [7, 11) is 0. The van der Waals surface area contributed by atoms with Gasteiger partial charge in [-0.2, -0.15) is 11.8 Å². The lowest BCUT2D eigenvalue weighted by Gasteiger charge is -2.13. The summed E-state index contributed by atoms with van der Waals surface area (Å²) in [5.41, 5.74) is 6.64. The van der Waals surface area contributed by atoms with Crippen LogP contribution >= 0.6 is 11.8 Å². The molecule has 0 saturated carbocycles. The Labute approximate surface area is 129 Å². The van der Waals surface area contributed by atoms with E-state index in [1.54, 1.807) is 42.2 Å². The molecule has 2 aromatic rings. The molecule has 5 nitrogen and oxygen atoms in total. The zero-order valence-corrected chi connectivity index (χ0v) is 12.8. The van der Waals surface area contributed by atoms with Gasteiger partial charge in [0.25, 0.3) is 0 Å². The fourth-order valence-corrected chi connectivity index (χ4v) is 2.40. The van der Waals surface area contributed by atoms with Gasteiger partial charge in [-0.05, 0) is 36.6 Å². The van der Waals surface area contributed by atoms with Crippen molar-refractivity contribution < 1.29 is 5.11 Å². The minimum absolute atomic E-state index is 0.0981. The minimum atomic E-state index is 0.0981. The molecule has 0 radical (unpaired) electrons. The van der Waals surface area contributed by atoms with Gasteiger partial charge in [0.05, 0.1) is 5.56 Å². The molecule has 1 aromatic heterocycles. The van der Waals surface area contributed by atoms with Gasteiger partial charge in [-0.1, -0.05) is 12.1 Å². The highest BCUT2D eigenvalue weighted by atomic mass is 32.2. The highest BCUT2D eigenvalue weighted by molar-refractivity contribution is 7.98.